The van der Waals surface area contributed by atoms with Crippen LogP contribution >= 0.6 is 0 Å². The smallest absolute Gasteiger partial charge is 0.123 e. The average molecular weight is 711 g/mol. The van der Waals surface area contributed by atoms with Gasteiger partial charge in [0.05, 0.1) is 25.4 Å². The van der Waals surface area contributed by atoms with Crippen LogP contribution in [0.3, 0.4) is 0 Å². The number of benzene rings is 3. The molecule has 3 aromatic carbocycles. The number of rotatable bonds is 6. The molecule has 51 heavy (non-hydrogen) atoms. The SMILES string of the molecule is CCC.OCC(O)CN1CCCC1.OCC(O)CN1CCCC1.Oc1ccc(F)cc1.c1ccc2c(c1)CCCC2.c1ccc2c(c1)CCCC2. The van der Waals surface area contributed by atoms with Gasteiger partial charge >= 0.3 is 0 Å². The number of fused-ring (bicyclic) bond motifs is 2. The van der Waals surface area contributed by atoms with Crippen molar-refractivity contribution in [1.82, 2.24) is 9.80 Å². The number of nitrogens with zero attached hydrogens (tertiary/aromatic N) is 2. The summed E-state index contributed by atoms with van der Waals surface area (Å²) in [6.07, 6.45) is 15.9. The van der Waals surface area contributed by atoms with Crippen LogP contribution in [0.2, 0.25) is 0 Å². The summed E-state index contributed by atoms with van der Waals surface area (Å²) in [6.45, 7) is 9.61. The molecule has 8 heteroatoms. The molecule has 2 atom stereocenters. The molecule has 2 heterocycles. The van der Waals surface area contributed by atoms with E-state index < -0.39 is 12.2 Å². The maximum atomic E-state index is 12.0. The van der Waals surface area contributed by atoms with Gasteiger partial charge in [0.2, 0.25) is 0 Å². The van der Waals surface area contributed by atoms with Crippen LogP contribution < -0.4 is 0 Å². The van der Waals surface area contributed by atoms with Gasteiger partial charge in [-0.25, -0.2) is 4.39 Å². The van der Waals surface area contributed by atoms with E-state index in [4.69, 9.17) is 25.5 Å². The van der Waals surface area contributed by atoms with E-state index in [1.165, 1.54) is 108 Å². The molecule has 0 radical (unpaired) electrons. The lowest BCUT2D eigenvalue weighted by Crippen LogP contribution is -2.31. The van der Waals surface area contributed by atoms with Gasteiger partial charge in [-0.2, -0.15) is 0 Å². The Morgan fingerprint density at radius 2 is 0.824 bits per heavy atom. The Labute approximate surface area is 307 Å². The van der Waals surface area contributed by atoms with Crippen LogP contribution in [0.5, 0.6) is 5.75 Å². The molecule has 0 amide bonds. The highest BCUT2D eigenvalue weighted by Crippen LogP contribution is 2.20. The van der Waals surface area contributed by atoms with Crippen LogP contribution in [-0.2, 0) is 25.7 Å². The van der Waals surface area contributed by atoms with Gasteiger partial charge in [-0.15, -0.1) is 0 Å². The average Bonchev–Trinajstić information content (AvgIpc) is 3.89. The first-order chi connectivity index (χ1) is 24.8. The standard InChI is InChI=1S/2C10H12.2C7H15NO2.C6H5FO.C3H8/c2*1-2-6-10-8-4-3-7-9(10)5-1;2*9-6-7(10)5-8-3-1-2-4-8;7-5-1-3-6(8)4-2-5;1-3-2/h2*1-2,5-6H,3-4,7-8H2;2*7,9-10H,1-6H2;1-4,8H;3H2,1-2H3. The Hall–Kier alpha value is -2.85. The van der Waals surface area contributed by atoms with E-state index in [0.717, 1.165) is 26.2 Å². The molecule has 5 N–H and O–H groups in total. The van der Waals surface area contributed by atoms with Crippen molar-refractivity contribution in [2.45, 2.75) is 110 Å². The highest BCUT2D eigenvalue weighted by atomic mass is 19.1. The largest absolute Gasteiger partial charge is 0.508 e. The Bertz CT molecular complexity index is 1120. The summed E-state index contributed by atoms with van der Waals surface area (Å²) in [5, 5.41) is 43.7. The number of aromatic hydroxyl groups is 1. The van der Waals surface area contributed by atoms with Gasteiger partial charge in [-0.05, 0) is 150 Å². The third-order valence-electron chi connectivity index (χ3n) is 9.10. The molecule has 4 aliphatic rings. The predicted octanol–water partition coefficient (Wildman–Crippen LogP) is 6.95. The number of aliphatic hydroxyl groups is 4. The fourth-order valence-electron chi connectivity index (χ4n) is 6.44. The second-order valence-electron chi connectivity index (χ2n) is 13.8. The Morgan fingerprint density at radius 1 is 0.529 bits per heavy atom. The van der Waals surface area contributed by atoms with E-state index in [-0.39, 0.29) is 24.8 Å². The number of hydrogen-bond acceptors (Lipinski definition) is 7. The van der Waals surface area contributed by atoms with Crippen LogP contribution in [0.15, 0.2) is 72.8 Å². The lowest BCUT2D eigenvalue weighted by atomic mass is 9.92. The number of hydrogen-bond donors (Lipinski definition) is 5. The second kappa shape index (κ2) is 27.8. The zero-order chi connectivity index (χ0) is 37.1. The summed E-state index contributed by atoms with van der Waals surface area (Å²) in [6, 6.07) is 22.6. The first kappa shape index (κ1) is 44.3. The third-order valence-corrected chi connectivity index (χ3v) is 9.10. The molecule has 0 spiro atoms. The van der Waals surface area contributed by atoms with E-state index in [1.807, 2.05) is 0 Å². The lowest BCUT2D eigenvalue weighted by Gasteiger charge is -2.17. The van der Waals surface area contributed by atoms with Crippen LogP contribution in [0.4, 0.5) is 4.39 Å². The van der Waals surface area contributed by atoms with Gasteiger partial charge < -0.3 is 35.3 Å². The molecule has 7 nitrogen and oxygen atoms in total. The molecule has 286 valence electrons. The van der Waals surface area contributed by atoms with E-state index in [0.29, 0.717) is 13.1 Å². The quantitative estimate of drug-likeness (QED) is 0.189. The minimum atomic E-state index is -0.543. The Morgan fingerprint density at radius 3 is 1.08 bits per heavy atom. The van der Waals surface area contributed by atoms with Gasteiger partial charge in [0.1, 0.15) is 11.6 Å². The van der Waals surface area contributed by atoms with Gasteiger partial charge in [0.15, 0.2) is 0 Å². The summed E-state index contributed by atoms with van der Waals surface area (Å²) < 4.78 is 12.0. The maximum Gasteiger partial charge on any atom is 0.123 e. The number of aryl methyl sites for hydroxylation is 4. The number of aliphatic hydroxyl groups excluding tert-OH is 4. The van der Waals surface area contributed by atoms with Crippen molar-refractivity contribution in [3.05, 3.63) is 101 Å². The first-order valence-electron chi connectivity index (χ1n) is 19.4. The van der Waals surface area contributed by atoms with Crippen LogP contribution in [0.25, 0.3) is 0 Å². The third kappa shape index (κ3) is 20.1. The van der Waals surface area contributed by atoms with Gasteiger partial charge in [0.25, 0.3) is 0 Å². The van der Waals surface area contributed by atoms with Crippen molar-refractivity contribution in [3.8, 4) is 5.75 Å². The van der Waals surface area contributed by atoms with E-state index >= 15 is 0 Å². The van der Waals surface area contributed by atoms with Crippen molar-refractivity contribution in [2.24, 2.45) is 0 Å². The molecule has 0 aromatic heterocycles. The van der Waals surface area contributed by atoms with E-state index in [2.05, 4.69) is 72.2 Å². The molecule has 7 rings (SSSR count). The van der Waals surface area contributed by atoms with E-state index in [1.54, 1.807) is 22.3 Å². The Kier molecular flexibility index (Phi) is 24.1. The van der Waals surface area contributed by atoms with Crippen molar-refractivity contribution in [2.75, 3.05) is 52.5 Å². The number of halogens is 1. The molecule has 3 aromatic rings. The fourth-order valence-corrected chi connectivity index (χ4v) is 6.44. The molecule has 0 saturated carbocycles. The van der Waals surface area contributed by atoms with Crippen molar-refractivity contribution in [1.29, 1.82) is 0 Å². The maximum absolute atomic E-state index is 12.0. The topological polar surface area (TPSA) is 108 Å². The summed E-state index contributed by atoms with van der Waals surface area (Å²) in [5.74, 6) is -0.241. The number of phenols is 1. The van der Waals surface area contributed by atoms with Crippen molar-refractivity contribution in [3.63, 3.8) is 0 Å². The number of phenolic OH excluding ortho intramolecular Hbond substituents is 1. The molecule has 0 bridgehead atoms. The molecule has 2 aliphatic carbocycles. The second-order valence-corrected chi connectivity index (χ2v) is 13.8. The zero-order valence-corrected chi connectivity index (χ0v) is 31.4. The van der Waals surface area contributed by atoms with E-state index in [9.17, 15) is 4.39 Å². The predicted molar refractivity (Wildman–Crippen MR) is 208 cm³/mol. The fraction of sp³-hybridized carbons (Fsp3) is 0.581. The first-order valence-corrected chi connectivity index (χ1v) is 19.4. The molecule has 2 aliphatic heterocycles. The molecule has 2 fully saturated rings. The molecule has 2 saturated heterocycles. The highest BCUT2D eigenvalue weighted by Gasteiger charge is 2.15. The summed E-state index contributed by atoms with van der Waals surface area (Å²) in [4.78, 5) is 4.36. The molecular formula is C43H67FN2O5. The normalized spacial score (nSPS) is 17.4. The van der Waals surface area contributed by atoms with Gasteiger partial charge in [0, 0.05) is 13.1 Å². The summed E-state index contributed by atoms with van der Waals surface area (Å²) in [7, 11) is 0. The summed E-state index contributed by atoms with van der Waals surface area (Å²) >= 11 is 0. The minimum Gasteiger partial charge on any atom is -0.508 e. The van der Waals surface area contributed by atoms with Crippen LogP contribution in [0.1, 0.15) is 93.9 Å². The number of likely N-dealkylation sites (tertiary alicyclic amines) is 2. The molecule has 2 unspecified atom stereocenters. The lowest BCUT2D eigenvalue weighted by molar-refractivity contribution is 0.0661. The van der Waals surface area contributed by atoms with Gasteiger partial charge in [-0.3, -0.25) is 0 Å². The highest BCUT2D eigenvalue weighted by molar-refractivity contribution is 5.29. The van der Waals surface area contributed by atoms with Crippen LogP contribution in [-0.4, -0.2) is 100 Å². The monoisotopic (exact) mass is 711 g/mol. The van der Waals surface area contributed by atoms with Gasteiger partial charge in [-0.1, -0.05) is 68.8 Å². The summed E-state index contributed by atoms with van der Waals surface area (Å²) in [5.41, 5.74) is 6.31. The van der Waals surface area contributed by atoms with Crippen LogP contribution in [0, 0.1) is 5.82 Å². The minimum absolute atomic E-state index is 0.0893. The van der Waals surface area contributed by atoms with Crippen molar-refractivity contribution >= 4 is 0 Å². The zero-order valence-electron chi connectivity index (χ0n) is 31.4. The Balaban J connectivity index is 0.000000217. The molecular weight excluding hydrogens is 643 g/mol. The number of β-amino-alcohol motifs (C(OH)–C–C–N with tert-alkyl or cyclic N) is 2. The van der Waals surface area contributed by atoms with Crippen molar-refractivity contribution < 1.29 is 29.9 Å².